The van der Waals surface area contributed by atoms with Gasteiger partial charge in [-0.25, -0.2) is 4.79 Å². The molecule has 1 heterocycles. The van der Waals surface area contributed by atoms with Gasteiger partial charge < -0.3 is 14.7 Å². The summed E-state index contributed by atoms with van der Waals surface area (Å²) in [5.74, 6) is -0.768. The highest BCUT2D eigenvalue weighted by Gasteiger charge is 2.40. The van der Waals surface area contributed by atoms with Crippen LogP contribution in [0.1, 0.15) is 33.2 Å². The molecule has 1 aliphatic rings. The molecule has 6 nitrogen and oxygen atoms in total. The van der Waals surface area contributed by atoms with Gasteiger partial charge in [0.15, 0.2) is 6.61 Å². The van der Waals surface area contributed by atoms with Crippen molar-refractivity contribution in [3.05, 3.63) is 125 Å². The SMILES string of the molecule is Cc1ccc(N2C(=O)c3ccccc3N(Cc3ccccc3)[C@H]2c2ccccc2OCC(=O)O)cc1. The van der Waals surface area contributed by atoms with Crippen molar-refractivity contribution in [2.45, 2.75) is 19.6 Å². The van der Waals surface area contributed by atoms with Crippen LogP contribution in [-0.2, 0) is 11.3 Å². The van der Waals surface area contributed by atoms with Crippen LogP contribution in [0.25, 0.3) is 0 Å². The third kappa shape index (κ3) is 4.53. The number of ether oxygens (including phenoxy) is 1. The first-order valence-electron chi connectivity index (χ1n) is 11.8. The number of anilines is 2. The van der Waals surface area contributed by atoms with Crippen LogP contribution in [0.15, 0.2) is 103 Å². The molecule has 180 valence electrons. The van der Waals surface area contributed by atoms with Crippen molar-refractivity contribution in [1.29, 1.82) is 0 Å². The van der Waals surface area contributed by atoms with Crippen LogP contribution >= 0.6 is 0 Å². The van der Waals surface area contributed by atoms with E-state index in [1.54, 1.807) is 17.0 Å². The average Bonchev–Trinajstić information content (AvgIpc) is 2.90. The van der Waals surface area contributed by atoms with Gasteiger partial charge in [0, 0.05) is 17.8 Å². The number of hydrogen-bond acceptors (Lipinski definition) is 4. The Balaban J connectivity index is 1.72. The maximum Gasteiger partial charge on any atom is 0.341 e. The molecule has 1 amide bonds. The highest BCUT2D eigenvalue weighted by atomic mass is 16.5. The predicted octanol–water partition coefficient (Wildman–Crippen LogP) is 5.82. The summed E-state index contributed by atoms with van der Waals surface area (Å²) in [6.45, 7) is 2.06. The molecule has 5 rings (SSSR count). The molecule has 4 aromatic carbocycles. The molecule has 0 unspecified atom stereocenters. The first-order chi connectivity index (χ1) is 17.5. The summed E-state index contributed by atoms with van der Waals surface area (Å²) < 4.78 is 5.71. The molecule has 0 aliphatic carbocycles. The van der Waals surface area contributed by atoms with Crippen LogP contribution in [0, 0.1) is 6.92 Å². The van der Waals surface area contributed by atoms with E-state index in [1.807, 2.05) is 85.8 Å². The van der Waals surface area contributed by atoms with Gasteiger partial charge in [0.2, 0.25) is 0 Å². The van der Waals surface area contributed by atoms with Crippen molar-refractivity contribution in [2.75, 3.05) is 16.4 Å². The minimum atomic E-state index is -1.06. The monoisotopic (exact) mass is 478 g/mol. The maximum absolute atomic E-state index is 14.0. The summed E-state index contributed by atoms with van der Waals surface area (Å²) in [5, 5.41) is 9.25. The second-order valence-electron chi connectivity index (χ2n) is 8.74. The van der Waals surface area contributed by atoms with Gasteiger partial charge >= 0.3 is 5.97 Å². The summed E-state index contributed by atoms with van der Waals surface area (Å²) >= 11 is 0. The largest absolute Gasteiger partial charge is 0.481 e. The topological polar surface area (TPSA) is 70.1 Å². The van der Waals surface area contributed by atoms with Crippen LogP contribution in [0.4, 0.5) is 11.4 Å². The molecule has 0 saturated carbocycles. The normalized spacial score (nSPS) is 14.9. The molecule has 6 heteroatoms. The number of hydrogen-bond donors (Lipinski definition) is 1. The lowest BCUT2D eigenvalue weighted by Gasteiger charge is -2.46. The third-order valence-corrected chi connectivity index (χ3v) is 6.26. The lowest BCUT2D eigenvalue weighted by molar-refractivity contribution is -0.139. The van der Waals surface area contributed by atoms with Crippen LogP contribution in [0.2, 0.25) is 0 Å². The number of benzene rings is 4. The van der Waals surface area contributed by atoms with E-state index in [1.165, 1.54) is 0 Å². The predicted molar refractivity (Wildman–Crippen MR) is 139 cm³/mol. The lowest BCUT2D eigenvalue weighted by Crippen LogP contribution is -2.49. The van der Waals surface area contributed by atoms with Crippen LogP contribution < -0.4 is 14.5 Å². The number of carbonyl (C=O) groups is 2. The van der Waals surface area contributed by atoms with E-state index in [0.29, 0.717) is 23.4 Å². The molecule has 1 atom stereocenters. The number of fused-ring (bicyclic) bond motifs is 1. The van der Waals surface area contributed by atoms with Crippen LogP contribution in [-0.4, -0.2) is 23.6 Å². The van der Waals surface area contributed by atoms with Crippen LogP contribution in [0.3, 0.4) is 0 Å². The Morgan fingerprint density at radius 1 is 0.861 bits per heavy atom. The number of aryl methyl sites for hydroxylation is 1. The number of aliphatic carboxylic acids is 1. The molecule has 0 radical (unpaired) electrons. The van der Waals surface area contributed by atoms with E-state index in [-0.39, 0.29) is 5.91 Å². The fourth-order valence-corrected chi connectivity index (χ4v) is 4.60. The smallest absolute Gasteiger partial charge is 0.341 e. The quantitative estimate of drug-likeness (QED) is 0.362. The Bertz CT molecular complexity index is 1390. The van der Waals surface area contributed by atoms with Crippen molar-refractivity contribution in [3.8, 4) is 5.75 Å². The second-order valence-corrected chi connectivity index (χ2v) is 8.74. The summed E-state index contributed by atoms with van der Waals surface area (Å²) in [6, 6.07) is 32.8. The summed E-state index contributed by atoms with van der Waals surface area (Å²) in [7, 11) is 0. The molecule has 1 aliphatic heterocycles. The van der Waals surface area contributed by atoms with Gasteiger partial charge in [-0.1, -0.05) is 78.4 Å². The van der Waals surface area contributed by atoms with Gasteiger partial charge in [0.25, 0.3) is 5.91 Å². The van der Waals surface area contributed by atoms with E-state index in [9.17, 15) is 14.7 Å². The van der Waals surface area contributed by atoms with Crippen molar-refractivity contribution in [3.63, 3.8) is 0 Å². The summed E-state index contributed by atoms with van der Waals surface area (Å²) in [6.07, 6.45) is -0.569. The van der Waals surface area contributed by atoms with Gasteiger partial charge in [0.05, 0.1) is 11.3 Å². The fraction of sp³-hybridized carbons (Fsp3) is 0.133. The molecule has 0 saturated heterocycles. The Kier molecular flexibility index (Phi) is 6.41. The third-order valence-electron chi connectivity index (χ3n) is 6.26. The minimum Gasteiger partial charge on any atom is -0.481 e. The minimum absolute atomic E-state index is 0.128. The Morgan fingerprint density at radius 2 is 1.53 bits per heavy atom. The van der Waals surface area contributed by atoms with Crippen molar-refractivity contribution < 1.29 is 19.4 Å². The number of carbonyl (C=O) groups excluding carboxylic acids is 1. The van der Waals surface area contributed by atoms with Gasteiger partial charge in [-0.2, -0.15) is 0 Å². The average molecular weight is 479 g/mol. The Labute approximate surface area is 210 Å². The zero-order valence-electron chi connectivity index (χ0n) is 19.9. The maximum atomic E-state index is 14.0. The van der Waals surface area contributed by atoms with Crippen LogP contribution in [0.5, 0.6) is 5.75 Å². The molecule has 36 heavy (non-hydrogen) atoms. The lowest BCUT2D eigenvalue weighted by atomic mass is 9.98. The number of para-hydroxylation sites is 2. The van der Waals surface area contributed by atoms with Gasteiger partial charge in [0.1, 0.15) is 11.9 Å². The highest BCUT2D eigenvalue weighted by molar-refractivity contribution is 6.12. The number of carboxylic acid groups (broad SMARTS) is 1. The fourth-order valence-electron chi connectivity index (χ4n) is 4.60. The number of amides is 1. The summed E-state index contributed by atoms with van der Waals surface area (Å²) in [4.78, 5) is 29.3. The first kappa shape index (κ1) is 23.2. The molecular weight excluding hydrogens is 452 g/mol. The van der Waals surface area contributed by atoms with Gasteiger partial charge in [-0.15, -0.1) is 0 Å². The second kappa shape index (κ2) is 9.96. The Morgan fingerprint density at radius 3 is 2.28 bits per heavy atom. The molecule has 0 fully saturated rings. The standard InChI is InChI=1S/C30H26N2O4/c1-21-15-17-23(18-16-21)32-29(25-12-6-8-14-27(25)36-20-28(33)34)31(19-22-9-3-2-4-10-22)26-13-7-5-11-24(26)30(32)35/h2-18,29H,19-20H2,1H3,(H,33,34)/t29-/m1/s1. The number of rotatable bonds is 7. The zero-order chi connectivity index (χ0) is 25.1. The summed E-state index contributed by atoms with van der Waals surface area (Å²) in [5.41, 5.74) is 5.04. The van der Waals surface area contributed by atoms with Gasteiger partial charge in [-0.3, -0.25) is 9.69 Å². The molecule has 1 N–H and O–H groups in total. The number of nitrogens with zero attached hydrogens (tertiary/aromatic N) is 2. The molecule has 0 spiro atoms. The first-order valence-corrected chi connectivity index (χ1v) is 11.8. The number of carboxylic acids is 1. The van der Waals surface area contributed by atoms with Crippen molar-refractivity contribution in [2.24, 2.45) is 0 Å². The Hall–Kier alpha value is -4.58. The van der Waals surface area contributed by atoms with E-state index >= 15 is 0 Å². The molecular formula is C30H26N2O4. The molecule has 0 bridgehead atoms. The zero-order valence-corrected chi connectivity index (χ0v) is 19.9. The van der Waals surface area contributed by atoms with Gasteiger partial charge in [-0.05, 0) is 42.8 Å². The highest BCUT2D eigenvalue weighted by Crippen LogP contribution is 2.44. The van der Waals surface area contributed by atoms with Crippen molar-refractivity contribution >= 4 is 23.3 Å². The molecule has 0 aromatic heterocycles. The molecule has 4 aromatic rings. The van der Waals surface area contributed by atoms with E-state index in [2.05, 4.69) is 17.0 Å². The van der Waals surface area contributed by atoms with E-state index < -0.39 is 18.7 Å². The van der Waals surface area contributed by atoms with Crippen molar-refractivity contribution in [1.82, 2.24) is 0 Å². The van der Waals surface area contributed by atoms with E-state index in [0.717, 1.165) is 22.5 Å². The van der Waals surface area contributed by atoms with E-state index in [4.69, 9.17) is 4.74 Å².